The minimum absolute atomic E-state index is 0.124. The van der Waals surface area contributed by atoms with Crippen LogP contribution in [0.5, 0.6) is 0 Å². The molecule has 1 saturated heterocycles. The molecule has 0 N–H and O–H groups in total. The number of rotatable bonds is 3. The Morgan fingerprint density at radius 1 is 1.53 bits per heavy atom. The van der Waals surface area contributed by atoms with Crippen molar-refractivity contribution in [3.8, 4) is 0 Å². The fourth-order valence-corrected chi connectivity index (χ4v) is 2.01. The summed E-state index contributed by atoms with van der Waals surface area (Å²) in [4.78, 5) is 5.20. The van der Waals surface area contributed by atoms with Gasteiger partial charge in [-0.15, -0.1) is 0 Å². The molecular formula is C12H15F3N2O2. The van der Waals surface area contributed by atoms with Crippen LogP contribution in [-0.4, -0.2) is 44.5 Å². The fraction of sp³-hybridized carbons (Fsp3) is 0.583. The molecule has 1 unspecified atom stereocenters. The lowest BCUT2D eigenvalue weighted by molar-refractivity contribution is -0.141. The summed E-state index contributed by atoms with van der Waals surface area (Å²) in [7, 11) is 1.57. The van der Waals surface area contributed by atoms with Crippen LogP contribution in [0.15, 0.2) is 18.3 Å². The van der Waals surface area contributed by atoms with E-state index in [1.807, 2.05) is 4.90 Å². The van der Waals surface area contributed by atoms with E-state index < -0.39 is 11.9 Å². The molecule has 1 aromatic heterocycles. The Kier molecular flexibility index (Phi) is 4.26. The van der Waals surface area contributed by atoms with Crippen LogP contribution in [-0.2, 0) is 15.7 Å². The first-order valence-electron chi connectivity index (χ1n) is 5.89. The summed E-state index contributed by atoms with van der Waals surface area (Å²) in [6.07, 6.45) is -3.37. The highest BCUT2D eigenvalue weighted by Crippen LogP contribution is 2.30. The number of ether oxygens (including phenoxy) is 2. The van der Waals surface area contributed by atoms with Crippen LogP contribution < -0.4 is 4.90 Å². The zero-order valence-electron chi connectivity index (χ0n) is 10.5. The predicted molar refractivity (Wildman–Crippen MR) is 63.1 cm³/mol. The average molecular weight is 276 g/mol. The van der Waals surface area contributed by atoms with Gasteiger partial charge in [-0.05, 0) is 12.1 Å². The van der Waals surface area contributed by atoms with Gasteiger partial charge in [-0.3, -0.25) is 4.98 Å². The number of morpholine rings is 1. The van der Waals surface area contributed by atoms with Gasteiger partial charge in [-0.25, -0.2) is 0 Å². The van der Waals surface area contributed by atoms with E-state index in [2.05, 4.69) is 4.98 Å². The van der Waals surface area contributed by atoms with Crippen molar-refractivity contribution in [1.82, 2.24) is 4.98 Å². The van der Waals surface area contributed by atoms with E-state index in [4.69, 9.17) is 9.47 Å². The first kappa shape index (κ1) is 14.1. The molecule has 106 valence electrons. The van der Waals surface area contributed by atoms with E-state index in [0.717, 1.165) is 6.07 Å². The standard InChI is InChI=1S/C12H15F3N2O2/c1-18-8-10-7-17(4-5-19-10)9-2-3-16-11(6-9)12(13,14)15/h2-3,6,10H,4-5,7-8H2,1H3. The van der Waals surface area contributed by atoms with Crippen LogP contribution in [0.2, 0.25) is 0 Å². The molecule has 1 aliphatic rings. The van der Waals surface area contributed by atoms with Crippen LogP contribution in [0, 0.1) is 0 Å². The molecule has 1 atom stereocenters. The molecule has 0 amide bonds. The monoisotopic (exact) mass is 276 g/mol. The number of hydrogen-bond acceptors (Lipinski definition) is 4. The van der Waals surface area contributed by atoms with Gasteiger partial charge in [0.15, 0.2) is 0 Å². The van der Waals surface area contributed by atoms with Crippen molar-refractivity contribution < 1.29 is 22.6 Å². The highest BCUT2D eigenvalue weighted by molar-refractivity contribution is 5.47. The largest absolute Gasteiger partial charge is 0.433 e. The number of halogens is 3. The number of alkyl halides is 3. The smallest absolute Gasteiger partial charge is 0.382 e. The molecule has 0 saturated carbocycles. The number of hydrogen-bond donors (Lipinski definition) is 0. The number of nitrogens with zero attached hydrogens (tertiary/aromatic N) is 2. The summed E-state index contributed by atoms with van der Waals surface area (Å²) in [5, 5.41) is 0. The van der Waals surface area contributed by atoms with Crippen molar-refractivity contribution in [2.75, 3.05) is 38.3 Å². The Morgan fingerprint density at radius 2 is 2.32 bits per heavy atom. The Bertz CT molecular complexity index is 424. The lowest BCUT2D eigenvalue weighted by Gasteiger charge is -2.34. The van der Waals surface area contributed by atoms with Crippen molar-refractivity contribution in [3.05, 3.63) is 24.0 Å². The predicted octanol–water partition coefficient (Wildman–Crippen LogP) is 1.95. The molecule has 4 nitrogen and oxygen atoms in total. The van der Waals surface area contributed by atoms with E-state index in [1.54, 1.807) is 13.2 Å². The minimum Gasteiger partial charge on any atom is -0.382 e. The van der Waals surface area contributed by atoms with Crippen molar-refractivity contribution >= 4 is 5.69 Å². The second-order valence-electron chi connectivity index (χ2n) is 4.29. The molecule has 19 heavy (non-hydrogen) atoms. The zero-order chi connectivity index (χ0) is 13.9. The van der Waals surface area contributed by atoms with Crippen molar-refractivity contribution in [2.24, 2.45) is 0 Å². The number of aromatic nitrogens is 1. The normalized spacial score (nSPS) is 20.6. The lowest BCUT2D eigenvalue weighted by atomic mass is 10.2. The summed E-state index contributed by atoms with van der Waals surface area (Å²) >= 11 is 0. The van der Waals surface area contributed by atoms with Gasteiger partial charge in [-0.1, -0.05) is 0 Å². The maximum atomic E-state index is 12.6. The summed E-state index contributed by atoms with van der Waals surface area (Å²) in [6, 6.07) is 2.64. The molecule has 2 heterocycles. The Morgan fingerprint density at radius 3 is 3.00 bits per heavy atom. The molecule has 0 spiro atoms. The second kappa shape index (κ2) is 5.75. The van der Waals surface area contributed by atoms with Gasteiger partial charge in [0.25, 0.3) is 0 Å². The Hall–Kier alpha value is -1.34. The third-order valence-corrected chi connectivity index (χ3v) is 2.89. The molecule has 7 heteroatoms. The maximum absolute atomic E-state index is 12.6. The molecule has 0 bridgehead atoms. The van der Waals surface area contributed by atoms with Crippen LogP contribution in [0.4, 0.5) is 18.9 Å². The maximum Gasteiger partial charge on any atom is 0.433 e. The molecule has 1 aliphatic heterocycles. The van der Waals surface area contributed by atoms with Gasteiger partial charge in [0, 0.05) is 32.1 Å². The topological polar surface area (TPSA) is 34.6 Å². The molecule has 1 aromatic rings. The quantitative estimate of drug-likeness (QED) is 0.845. The van der Waals surface area contributed by atoms with Crippen LogP contribution in [0.3, 0.4) is 0 Å². The summed E-state index contributed by atoms with van der Waals surface area (Å²) in [5.74, 6) is 0. The van der Waals surface area contributed by atoms with Gasteiger partial charge in [0.05, 0.1) is 19.3 Å². The van der Waals surface area contributed by atoms with Crippen molar-refractivity contribution in [1.29, 1.82) is 0 Å². The Balaban J connectivity index is 2.13. The highest BCUT2D eigenvalue weighted by atomic mass is 19.4. The summed E-state index contributed by atoms with van der Waals surface area (Å²) < 4.78 is 48.3. The highest BCUT2D eigenvalue weighted by Gasteiger charge is 2.33. The minimum atomic E-state index is -4.42. The zero-order valence-corrected chi connectivity index (χ0v) is 10.5. The van der Waals surface area contributed by atoms with Crippen LogP contribution >= 0.6 is 0 Å². The van der Waals surface area contributed by atoms with Gasteiger partial charge in [0.2, 0.25) is 0 Å². The SMILES string of the molecule is COCC1CN(c2ccnc(C(F)(F)F)c2)CCO1. The molecule has 0 aromatic carbocycles. The molecule has 0 radical (unpaired) electrons. The molecule has 0 aliphatic carbocycles. The number of anilines is 1. The lowest BCUT2D eigenvalue weighted by Crippen LogP contribution is -2.44. The van der Waals surface area contributed by atoms with Gasteiger partial charge < -0.3 is 14.4 Å². The first-order chi connectivity index (χ1) is 9.00. The Labute approximate surface area is 109 Å². The first-order valence-corrected chi connectivity index (χ1v) is 5.89. The molecule has 1 fully saturated rings. The third kappa shape index (κ3) is 3.57. The van der Waals surface area contributed by atoms with Gasteiger partial charge >= 0.3 is 6.18 Å². The number of methoxy groups -OCH3 is 1. The van der Waals surface area contributed by atoms with E-state index in [-0.39, 0.29) is 6.10 Å². The molecular weight excluding hydrogens is 261 g/mol. The van der Waals surface area contributed by atoms with Gasteiger partial charge in [0.1, 0.15) is 5.69 Å². The third-order valence-electron chi connectivity index (χ3n) is 2.89. The van der Waals surface area contributed by atoms with E-state index >= 15 is 0 Å². The average Bonchev–Trinajstić information content (AvgIpc) is 2.39. The van der Waals surface area contributed by atoms with Crippen LogP contribution in [0.25, 0.3) is 0 Å². The molecule has 2 rings (SSSR count). The second-order valence-corrected chi connectivity index (χ2v) is 4.29. The summed E-state index contributed by atoms with van der Waals surface area (Å²) in [6.45, 7) is 1.96. The van der Waals surface area contributed by atoms with Crippen molar-refractivity contribution in [3.63, 3.8) is 0 Å². The van der Waals surface area contributed by atoms with E-state index in [0.29, 0.717) is 32.0 Å². The van der Waals surface area contributed by atoms with E-state index in [9.17, 15) is 13.2 Å². The van der Waals surface area contributed by atoms with Gasteiger partial charge in [-0.2, -0.15) is 13.2 Å². The van der Waals surface area contributed by atoms with Crippen LogP contribution in [0.1, 0.15) is 5.69 Å². The number of pyridine rings is 1. The van der Waals surface area contributed by atoms with E-state index in [1.165, 1.54) is 6.20 Å². The summed E-state index contributed by atoms with van der Waals surface area (Å²) in [5.41, 5.74) is -0.369. The fourth-order valence-electron chi connectivity index (χ4n) is 2.01. The van der Waals surface area contributed by atoms with Crippen molar-refractivity contribution in [2.45, 2.75) is 12.3 Å².